The molecule has 1 heteroatoms. The van der Waals surface area contributed by atoms with Gasteiger partial charge in [-0.05, 0) is 42.2 Å². The number of hydrogen-bond acceptors (Lipinski definition) is 0. The molecule has 0 radical (unpaired) electrons. The molecule has 1 aromatic heterocycles. The zero-order chi connectivity index (χ0) is 11.8. The molecule has 3 rings (SSSR count). The molecule has 0 spiro atoms. The fourth-order valence-electron chi connectivity index (χ4n) is 2.34. The molecule has 2 aromatic carbocycles. The zero-order valence-corrected chi connectivity index (χ0v) is 10.1. The fraction of sp³-hybridized carbons (Fsp3) is 0.125. The van der Waals surface area contributed by atoms with E-state index in [1.54, 1.807) is 0 Å². The maximum absolute atomic E-state index is 3.32. The average Bonchev–Trinajstić information content (AvgIpc) is 2.71. The van der Waals surface area contributed by atoms with Gasteiger partial charge in [0.05, 0.1) is 0 Å². The number of benzene rings is 2. The Labute approximate surface area is 101 Å². The Morgan fingerprint density at radius 2 is 1.71 bits per heavy atom. The van der Waals surface area contributed by atoms with Crippen LogP contribution in [0.25, 0.3) is 22.0 Å². The van der Waals surface area contributed by atoms with Crippen LogP contribution in [0.3, 0.4) is 0 Å². The van der Waals surface area contributed by atoms with Gasteiger partial charge in [-0.1, -0.05) is 36.4 Å². The SMILES string of the molecule is Cc1ccccc1-c1ccc2c(C)c[nH]c2c1. The molecule has 17 heavy (non-hydrogen) atoms. The maximum atomic E-state index is 3.32. The smallest absolute Gasteiger partial charge is 0.0462 e. The predicted octanol–water partition coefficient (Wildman–Crippen LogP) is 4.45. The minimum Gasteiger partial charge on any atom is -0.361 e. The number of rotatable bonds is 1. The monoisotopic (exact) mass is 221 g/mol. The zero-order valence-electron chi connectivity index (χ0n) is 10.1. The highest BCUT2D eigenvalue weighted by Gasteiger charge is 2.04. The Morgan fingerprint density at radius 3 is 2.53 bits per heavy atom. The number of aryl methyl sites for hydroxylation is 2. The molecule has 0 atom stereocenters. The lowest BCUT2D eigenvalue weighted by Gasteiger charge is -2.05. The van der Waals surface area contributed by atoms with Crippen molar-refractivity contribution >= 4 is 10.9 Å². The van der Waals surface area contributed by atoms with E-state index in [0.29, 0.717) is 0 Å². The maximum Gasteiger partial charge on any atom is 0.0462 e. The van der Waals surface area contributed by atoms with E-state index >= 15 is 0 Å². The Balaban J connectivity index is 2.22. The van der Waals surface area contributed by atoms with E-state index in [1.807, 2.05) is 0 Å². The number of hydrogen-bond donors (Lipinski definition) is 1. The van der Waals surface area contributed by atoms with Crippen LogP contribution in [0.15, 0.2) is 48.7 Å². The van der Waals surface area contributed by atoms with Gasteiger partial charge in [-0.25, -0.2) is 0 Å². The number of fused-ring (bicyclic) bond motifs is 1. The second kappa shape index (κ2) is 3.77. The molecule has 0 bridgehead atoms. The molecule has 1 heterocycles. The molecule has 0 aliphatic rings. The normalized spacial score (nSPS) is 10.9. The van der Waals surface area contributed by atoms with Crippen LogP contribution < -0.4 is 0 Å². The van der Waals surface area contributed by atoms with E-state index in [4.69, 9.17) is 0 Å². The molecule has 3 aromatic rings. The van der Waals surface area contributed by atoms with Crippen molar-refractivity contribution in [3.8, 4) is 11.1 Å². The number of aromatic amines is 1. The summed E-state index contributed by atoms with van der Waals surface area (Å²) in [6.45, 7) is 4.28. The third-order valence-electron chi connectivity index (χ3n) is 3.34. The molecule has 1 nitrogen and oxygen atoms in total. The first-order chi connectivity index (χ1) is 8.25. The van der Waals surface area contributed by atoms with Crippen LogP contribution in [0.5, 0.6) is 0 Å². The van der Waals surface area contributed by atoms with Gasteiger partial charge in [-0.2, -0.15) is 0 Å². The van der Waals surface area contributed by atoms with E-state index in [2.05, 4.69) is 67.5 Å². The number of aromatic nitrogens is 1. The Kier molecular flexibility index (Phi) is 2.25. The molecule has 0 saturated heterocycles. The summed E-state index contributed by atoms with van der Waals surface area (Å²) in [4.78, 5) is 3.32. The van der Waals surface area contributed by atoms with Crippen molar-refractivity contribution in [2.24, 2.45) is 0 Å². The lowest BCUT2D eigenvalue weighted by molar-refractivity contribution is 1.42. The van der Waals surface area contributed by atoms with Gasteiger partial charge in [-0.15, -0.1) is 0 Å². The third-order valence-corrected chi connectivity index (χ3v) is 3.34. The Bertz CT molecular complexity index is 677. The summed E-state index contributed by atoms with van der Waals surface area (Å²) in [5, 5.41) is 1.31. The molecule has 84 valence electrons. The van der Waals surface area contributed by atoms with Crippen molar-refractivity contribution in [2.75, 3.05) is 0 Å². The molecule has 0 unspecified atom stereocenters. The van der Waals surface area contributed by atoms with E-state index in [9.17, 15) is 0 Å². The molecule has 1 N–H and O–H groups in total. The van der Waals surface area contributed by atoms with Crippen molar-refractivity contribution < 1.29 is 0 Å². The van der Waals surface area contributed by atoms with Gasteiger partial charge < -0.3 is 4.98 Å². The van der Waals surface area contributed by atoms with Crippen molar-refractivity contribution in [1.29, 1.82) is 0 Å². The van der Waals surface area contributed by atoms with Gasteiger partial charge in [0, 0.05) is 17.1 Å². The van der Waals surface area contributed by atoms with Gasteiger partial charge in [0.1, 0.15) is 0 Å². The van der Waals surface area contributed by atoms with Crippen molar-refractivity contribution in [2.45, 2.75) is 13.8 Å². The molecule has 0 amide bonds. The minimum atomic E-state index is 1.21. The second-order valence-electron chi connectivity index (χ2n) is 4.55. The van der Waals surface area contributed by atoms with Crippen molar-refractivity contribution in [1.82, 2.24) is 4.98 Å². The van der Waals surface area contributed by atoms with Crippen LogP contribution in [-0.2, 0) is 0 Å². The van der Waals surface area contributed by atoms with E-state index in [1.165, 1.54) is 33.2 Å². The van der Waals surface area contributed by atoms with E-state index in [0.717, 1.165) is 0 Å². The highest BCUT2D eigenvalue weighted by Crippen LogP contribution is 2.27. The summed E-state index contributed by atoms with van der Waals surface area (Å²) in [5.74, 6) is 0. The average molecular weight is 221 g/mol. The summed E-state index contributed by atoms with van der Waals surface area (Å²) >= 11 is 0. The van der Waals surface area contributed by atoms with Gasteiger partial charge in [0.15, 0.2) is 0 Å². The molecular weight excluding hydrogens is 206 g/mol. The highest BCUT2D eigenvalue weighted by atomic mass is 14.7. The Hall–Kier alpha value is -2.02. The van der Waals surface area contributed by atoms with Crippen LogP contribution in [-0.4, -0.2) is 4.98 Å². The van der Waals surface area contributed by atoms with Gasteiger partial charge in [-0.3, -0.25) is 0 Å². The lowest BCUT2D eigenvalue weighted by atomic mass is 9.99. The molecule has 0 fully saturated rings. The molecule has 0 saturated carbocycles. The van der Waals surface area contributed by atoms with Crippen molar-refractivity contribution in [3.63, 3.8) is 0 Å². The van der Waals surface area contributed by atoms with Crippen LogP contribution in [0.4, 0.5) is 0 Å². The highest BCUT2D eigenvalue weighted by molar-refractivity contribution is 5.87. The van der Waals surface area contributed by atoms with Gasteiger partial charge in [0.2, 0.25) is 0 Å². The first-order valence-electron chi connectivity index (χ1n) is 5.89. The summed E-state index contributed by atoms with van der Waals surface area (Å²) < 4.78 is 0. The summed E-state index contributed by atoms with van der Waals surface area (Å²) in [5.41, 5.74) is 6.41. The van der Waals surface area contributed by atoms with Gasteiger partial charge >= 0.3 is 0 Å². The molecular formula is C16H15N. The van der Waals surface area contributed by atoms with Crippen LogP contribution in [0.2, 0.25) is 0 Å². The van der Waals surface area contributed by atoms with Crippen LogP contribution >= 0.6 is 0 Å². The summed E-state index contributed by atoms with van der Waals surface area (Å²) in [7, 11) is 0. The van der Waals surface area contributed by atoms with Crippen LogP contribution in [0.1, 0.15) is 11.1 Å². The lowest BCUT2D eigenvalue weighted by Crippen LogP contribution is -1.82. The molecule has 0 aliphatic carbocycles. The van der Waals surface area contributed by atoms with Gasteiger partial charge in [0.25, 0.3) is 0 Å². The third kappa shape index (κ3) is 1.64. The topological polar surface area (TPSA) is 15.8 Å². The van der Waals surface area contributed by atoms with Crippen molar-refractivity contribution in [3.05, 3.63) is 59.8 Å². The standard InChI is InChI=1S/C16H15N/c1-11-5-3-4-6-14(11)13-7-8-15-12(2)10-17-16(15)9-13/h3-10,17H,1-2H3. The predicted molar refractivity (Wildman–Crippen MR) is 73.2 cm³/mol. The first kappa shape index (κ1) is 10.2. The Morgan fingerprint density at radius 1 is 0.882 bits per heavy atom. The molecule has 0 aliphatic heterocycles. The van der Waals surface area contributed by atoms with E-state index < -0.39 is 0 Å². The summed E-state index contributed by atoms with van der Waals surface area (Å²) in [6.07, 6.45) is 2.06. The largest absolute Gasteiger partial charge is 0.361 e. The number of nitrogens with one attached hydrogen (secondary N) is 1. The van der Waals surface area contributed by atoms with Crippen LogP contribution in [0, 0.1) is 13.8 Å². The first-order valence-corrected chi connectivity index (χ1v) is 5.89. The summed E-state index contributed by atoms with van der Waals surface area (Å²) in [6, 6.07) is 15.1. The fourth-order valence-corrected chi connectivity index (χ4v) is 2.34. The minimum absolute atomic E-state index is 1.21. The van der Waals surface area contributed by atoms with E-state index in [-0.39, 0.29) is 0 Å². The quantitative estimate of drug-likeness (QED) is 0.624. The second-order valence-corrected chi connectivity index (χ2v) is 4.55. The number of H-pyrrole nitrogens is 1.